The Hall–Kier alpha value is -6.12. The summed E-state index contributed by atoms with van der Waals surface area (Å²) in [5, 5.41) is 21.3. The number of amides is 5. The van der Waals surface area contributed by atoms with Crippen LogP contribution in [0.25, 0.3) is 11.4 Å². The maximum absolute atomic E-state index is 14.1. The van der Waals surface area contributed by atoms with Gasteiger partial charge in [-0.25, -0.2) is 0 Å². The molecule has 6 N–H and O–H groups in total. The van der Waals surface area contributed by atoms with Crippen LogP contribution in [-0.2, 0) is 39.1 Å². The van der Waals surface area contributed by atoms with E-state index in [0.29, 0.717) is 43.0 Å². The van der Waals surface area contributed by atoms with E-state index < -0.39 is 35.8 Å². The molecule has 5 rings (SSSR count). The lowest BCUT2D eigenvalue weighted by Gasteiger charge is -2.27. The van der Waals surface area contributed by atoms with Crippen molar-refractivity contribution in [1.82, 2.24) is 41.3 Å². The zero-order valence-corrected chi connectivity index (χ0v) is 31.6. The van der Waals surface area contributed by atoms with Crippen molar-refractivity contribution in [3.8, 4) is 22.9 Å². The Labute approximate surface area is 320 Å². The molecule has 3 atom stereocenters. The zero-order valence-electron chi connectivity index (χ0n) is 31.6. The van der Waals surface area contributed by atoms with E-state index in [1.807, 2.05) is 80.2 Å². The highest BCUT2D eigenvalue weighted by Gasteiger charge is 2.31. The predicted octanol–water partition coefficient (Wildman–Crippen LogP) is 2.43. The molecule has 0 unspecified atom stereocenters. The van der Waals surface area contributed by atoms with Gasteiger partial charge in [0.1, 0.15) is 29.5 Å². The van der Waals surface area contributed by atoms with Gasteiger partial charge < -0.3 is 40.6 Å². The minimum atomic E-state index is -1.11. The summed E-state index contributed by atoms with van der Waals surface area (Å²) in [5.74, 6) is -1.85. The van der Waals surface area contributed by atoms with Gasteiger partial charge in [0.25, 0.3) is 11.8 Å². The highest BCUT2D eigenvalue weighted by Crippen LogP contribution is 2.28. The molecule has 5 amide bonds. The molecule has 15 heteroatoms. The van der Waals surface area contributed by atoms with Gasteiger partial charge in [0.05, 0.1) is 12.8 Å². The van der Waals surface area contributed by atoms with Gasteiger partial charge in [0.15, 0.2) is 18.1 Å². The van der Waals surface area contributed by atoms with Gasteiger partial charge in [0.2, 0.25) is 17.7 Å². The average Bonchev–Trinajstić information content (AvgIpc) is 3.84. The average molecular weight is 755 g/mol. The second-order valence-corrected chi connectivity index (χ2v) is 13.8. The molecule has 0 spiro atoms. The highest BCUT2D eigenvalue weighted by molar-refractivity contribution is 5.98. The number of aromatic amines is 1. The number of carbonyl (C=O) groups excluding carboxylic acids is 5. The molecule has 0 fully saturated rings. The number of hydrogen-bond donors (Lipinski definition) is 6. The summed E-state index contributed by atoms with van der Waals surface area (Å²) in [6.07, 6.45) is 3.62. The molecule has 2 aromatic heterocycles. The van der Waals surface area contributed by atoms with E-state index in [0.717, 1.165) is 16.8 Å². The number of H-pyrrole nitrogens is 1. The van der Waals surface area contributed by atoms with Crippen LogP contribution >= 0.6 is 0 Å². The second kappa shape index (κ2) is 19.3. The van der Waals surface area contributed by atoms with Gasteiger partial charge in [-0.1, -0.05) is 50.2 Å². The van der Waals surface area contributed by atoms with E-state index in [2.05, 4.69) is 36.8 Å². The number of fused-ring (bicyclic) bond motifs is 2. The van der Waals surface area contributed by atoms with Crippen molar-refractivity contribution in [2.45, 2.75) is 64.1 Å². The number of hydrogen-bond acceptors (Lipinski definition) is 8. The molecule has 0 saturated carbocycles. The molecule has 55 heavy (non-hydrogen) atoms. The summed E-state index contributed by atoms with van der Waals surface area (Å²) < 4.78 is 13.1. The van der Waals surface area contributed by atoms with Gasteiger partial charge in [-0.15, -0.1) is 0 Å². The molecule has 15 nitrogen and oxygen atoms in total. The fraction of sp³-hybridized carbons (Fsp3) is 0.400. The summed E-state index contributed by atoms with van der Waals surface area (Å²) in [6.45, 7) is 3.92. The Balaban J connectivity index is 1.40. The molecular weight excluding hydrogens is 704 g/mol. The van der Waals surface area contributed by atoms with E-state index >= 15 is 0 Å². The number of nitrogens with one attached hydrogen (secondary N) is 6. The molecular formula is C40H50N8O7. The number of methoxy groups -OCH3 is 1. The Bertz CT molecular complexity index is 1940. The lowest BCUT2D eigenvalue weighted by molar-refractivity contribution is -0.133. The minimum Gasteiger partial charge on any atom is -0.493 e. The maximum Gasteiger partial charge on any atom is 0.269 e. The third-order valence-corrected chi connectivity index (χ3v) is 9.33. The monoisotopic (exact) mass is 754 g/mol. The molecule has 2 aromatic carbocycles. The summed E-state index contributed by atoms with van der Waals surface area (Å²) in [6, 6.07) is 16.9. The van der Waals surface area contributed by atoms with Crippen LogP contribution in [0, 0.1) is 5.92 Å². The number of ether oxygens (including phenoxy) is 2. The minimum absolute atomic E-state index is 0.115. The van der Waals surface area contributed by atoms with Crippen LogP contribution in [-0.4, -0.2) is 89.2 Å². The van der Waals surface area contributed by atoms with E-state index in [4.69, 9.17) is 9.47 Å². The standard InChI is InChI=1S/C40H50N8O7/c1-25(2)36-40(53)42-19-8-13-27-16-17-33(54-4)34(22-27)55-24-35(49)41-18-9-14-28(37(50)44-30(38(51)45-36)21-26-11-6-5-7-12-26)43-39(52)31-23-29(46-47-31)32-15-10-20-48(32)3/h5-7,10-12,15-17,20,22-23,25,28,30,36H,8-9,13-14,18-19,21,24H2,1-4H3,(H,41,49)(H,42,53)(H,43,52)(H,44,50)(H,45,51)(H,46,47)/t28-,30-,36+/m0/s1. The number of nitrogens with zero attached hydrogens (tertiary/aromatic N) is 2. The fourth-order valence-corrected chi connectivity index (χ4v) is 6.25. The van der Waals surface area contributed by atoms with Crippen molar-refractivity contribution in [3.63, 3.8) is 0 Å². The summed E-state index contributed by atoms with van der Waals surface area (Å²) in [7, 11) is 3.37. The van der Waals surface area contributed by atoms with E-state index in [1.165, 1.54) is 7.11 Å². The van der Waals surface area contributed by atoms with Crippen LogP contribution in [0.3, 0.4) is 0 Å². The van der Waals surface area contributed by atoms with Gasteiger partial charge >= 0.3 is 0 Å². The van der Waals surface area contributed by atoms with Crippen LogP contribution in [0.1, 0.15) is 54.7 Å². The molecule has 3 heterocycles. The third-order valence-electron chi connectivity index (χ3n) is 9.33. The first-order valence-corrected chi connectivity index (χ1v) is 18.5. The quantitative estimate of drug-likeness (QED) is 0.165. The molecule has 0 radical (unpaired) electrons. The predicted molar refractivity (Wildman–Crippen MR) is 205 cm³/mol. The van der Waals surface area contributed by atoms with Crippen LogP contribution in [0.4, 0.5) is 0 Å². The Kier molecular flexibility index (Phi) is 14.0. The van der Waals surface area contributed by atoms with Crippen molar-refractivity contribution < 1.29 is 33.4 Å². The van der Waals surface area contributed by atoms with Crippen LogP contribution < -0.4 is 36.1 Å². The van der Waals surface area contributed by atoms with Crippen LogP contribution in [0.2, 0.25) is 0 Å². The fourth-order valence-electron chi connectivity index (χ4n) is 6.25. The molecule has 4 aromatic rings. The summed E-state index contributed by atoms with van der Waals surface area (Å²) in [5.41, 5.74) is 3.18. The van der Waals surface area contributed by atoms with Crippen molar-refractivity contribution in [2.24, 2.45) is 13.0 Å². The lowest BCUT2D eigenvalue weighted by atomic mass is 10.00. The molecule has 0 saturated heterocycles. The highest BCUT2D eigenvalue weighted by atomic mass is 16.5. The first kappa shape index (κ1) is 40.1. The van der Waals surface area contributed by atoms with Crippen molar-refractivity contribution in [1.29, 1.82) is 0 Å². The Morgan fingerprint density at radius 1 is 0.945 bits per heavy atom. The van der Waals surface area contributed by atoms with Crippen molar-refractivity contribution >= 4 is 29.5 Å². The SMILES string of the molecule is COc1ccc2cc1OCC(=O)NCCC[C@H](NC(=O)c1cc(-c3cccn3C)n[nH]1)C(=O)N[C@@H](Cc1ccccc1)C(=O)N[C@H](C(C)C)C(=O)NCCC2. The van der Waals surface area contributed by atoms with Gasteiger partial charge in [-0.3, -0.25) is 29.1 Å². The van der Waals surface area contributed by atoms with Crippen LogP contribution in [0.15, 0.2) is 72.9 Å². The number of aromatic nitrogens is 3. The third kappa shape index (κ3) is 11.2. The lowest BCUT2D eigenvalue weighted by Crippen LogP contribution is -2.58. The molecule has 292 valence electrons. The van der Waals surface area contributed by atoms with Crippen LogP contribution in [0.5, 0.6) is 11.5 Å². The maximum atomic E-state index is 14.1. The van der Waals surface area contributed by atoms with Gasteiger partial charge in [-0.05, 0) is 73.1 Å². The number of carbonyl (C=O) groups is 5. The smallest absolute Gasteiger partial charge is 0.269 e. The number of aryl methyl sites for hydroxylation is 2. The largest absolute Gasteiger partial charge is 0.493 e. The Morgan fingerprint density at radius 2 is 1.73 bits per heavy atom. The van der Waals surface area contributed by atoms with E-state index in [-0.39, 0.29) is 49.4 Å². The van der Waals surface area contributed by atoms with Crippen molar-refractivity contribution in [3.05, 3.63) is 89.7 Å². The van der Waals surface area contributed by atoms with E-state index in [1.54, 1.807) is 18.2 Å². The first-order chi connectivity index (χ1) is 26.5. The first-order valence-electron chi connectivity index (χ1n) is 18.5. The number of rotatable bonds is 7. The van der Waals surface area contributed by atoms with Crippen molar-refractivity contribution in [2.75, 3.05) is 26.8 Å². The molecule has 1 aliphatic rings. The molecule has 0 aliphatic carbocycles. The van der Waals surface area contributed by atoms with Gasteiger partial charge in [-0.2, -0.15) is 5.10 Å². The zero-order chi connectivity index (χ0) is 39.3. The topological polar surface area (TPSA) is 198 Å². The summed E-state index contributed by atoms with van der Waals surface area (Å²) in [4.78, 5) is 67.8. The summed E-state index contributed by atoms with van der Waals surface area (Å²) >= 11 is 0. The normalized spacial score (nSPS) is 19.4. The van der Waals surface area contributed by atoms with Gasteiger partial charge in [0, 0.05) is 32.8 Å². The Morgan fingerprint density at radius 3 is 2.45 bits per heavy atom. The second-order valence-electron chi connectivity index (χ2n) is 13.8. The molecule has 1 aliphatic heterocycles. The van der Waals surface area contributed by atoms with E-state index in [9.17, 15) is 24.0 Å². The molecule has 2 bridgehead atoms. The number of benzene rings is 2.